The number of unbranched alkanes of at least 4 members (excludes halogenated alkanes) is 3. The van der Waals surface area contributed by atoms with E-state index in [4.69, 9.17) is 4.74 Å². The molecule has 0 heterocycles. The lowest BCUT2D eigenvalue weighted by molar-refractivity contribution is 0.306. The van der Waals surface area contributed by atoms with E-state index in [-0.39, 0.29) is 0 Å². The Kier molecular flexibility index (Phi) is 9.32. The minimum Gasteiger partial charge on any atom is -0.494 e. The molecule has 0 N–H and O–H groups in total. The largest absolute Gasteiger partial charge is 0.494 e. The second-order valence-corrected chi connectivity index (χ2v) is 8.87. The first-order chi connectivity index (χ1) is 17.8. The molecule has 4 aromatic rings. The summed E-state index contributed by atoms with van der Waals surface area (Å²) in [5.41, 5.74) is 4.58. The average molecular weight is 479 g/mol. The highest BCUT2D eigenvalue weighted by Gasteiger charge is 2.06. The Hall–Kier alpha value is -3.86. The molecule has 5 nitrogen and oxygen atoms in total. The van der Waals surface area contributed by atoms with Crippen LogP contribution in [0.25, 0.3) is 10.8 Å². The molecule has 36 heavy (non-hydrogen) atoms. The van der Waals surface area contributed by atoms with Gasteiger partial charge in [0.2, 0.25) is 0 Å². The third-order valence-electron chi connectivity index (χ3n) is 6.03. The zero-order chi connectivity index (χ0) is 25.0. The van der Waals surface area contributed by atoms with Gasteiger partial charge in [0.25, 0.3) is 0 Å². The Morgan fingerprint density at radius 1 is 0.556 bits per heavy atom. The molecule has 0 amide bonds. The van der Waals surface area contributed by atoms with E-state index in [0.717, 1.165) is 58.7 Å². The number of hydrogen-bond acceptors (Lipinski definition) is 5. The molecule has 0 saturated heterocycles. The van der Waals surface area contributed by atoms with Crippen molar-refractivity contribution >= 4 is 33.5 Å². The zero-order valence-corrected chi connectivity index (χ0v) is 21.2. The van der Waals surface area contributed by atoms with Crippen molar-refractivity contribution in [1.29, 1.82) is 0 Å². The van der Waals surface area contributed by atoms with Gasteiger partial charge in [-0.1, -0.05) is 69.5 Å². The molecule has 0 spiro atoms. The predicted molar refractivity (Wildman–Crippen MR) is 149 cm³/mol. The van der Waals surface area contributed by atoms with E-state index >= 15 is 0 Å². The van der Waals surface area contributed by atoms with Gasteiger partial charge < -0.3 is 4.74 Å². The van der Waals surface area contributed by atoms with E-state index in [1.165, 1.54) is 31.2 Å². The van der Waals surface area contributed by atoms with Crippen molar-refractivity contribution in [3.8, 4) is 5.75 Å². The van der Waals surface area contributed by atoms with Crippen LogP contribution < -0.4 is 4.74 Å². The fourth-order valence-electron chi connectivity index (χ4n) is 3.93. The monoisotopic (exact) mass is 478 g/mol. The molecule has 0 radical (unpaired) electrons. The van der Waals surface area contributed by atoms with Crippen molar-refractivity contribution in [2.75, 3.05) is 6.61 Å². The summed E-state index contributed by atoms with van der Waals surface area (Å²) in [6.07, 6.45) is 6.96. The molecular formula is C31H34N4O. The first kappa shape index (κ1) is 25.2. The molecule has 0 aromatic heterocycles. The van der Waals surface area contributed by atoms with Gasteiger partial charge in [-0.3, -0.25) is 0 Å². The molecule has 0 atom stereocenters. The summed E-state index contributed by atoms with van der Waals surface area (Å²) in [6.45, 7) is 5.14. The molecule has 0 unspecified atom stereocenters. The number of azo groups is 2. The van der Waals surface area contributed by atoms with Gasteiger partial charge in [0, 0.05) is 10.8 Å². The lowest BCUT2D eigenvalue weighted by Crippen LogP contribution is -1.96. The number of fused-ring (bicyclic) bond motifs is 1. The Balaban J connectivity index is 1.47. The first-order valence-corrected chi connectivity index (χ1v) is 12.9. The summed E-state index contributed by atoms with van der Waals surface area (Å²) in [7, 11) is 0. The Morgan fingerprint density at radius 2 is 1.11 bits per heavy atom. The van der Waals surface area contributed by atoms with Crippen LogP contribution >= 0.6 is 0 Å². The van der Waals surface area contributed by atoms with Crippen LogP contribution in [0.5, 0.6) is 5.75 Å². The molecule has 0 aliphatic carbocycles. The normalized spacial score (nSPS) is 11.6. The van der Waals surface area contributed by atoms with Gasteiger partial charge in [-0.2, -0.15) is 10.2 Å². The lowest BCUT2D eigenvalue weighted by Gasteiger charge is -2.06. The molecule has 4 aromatic carbocycles. The summed E-state index contributed by atoms with van der Waals surface area (Å²) in [5.74, 6) is 0.862. The van der Waals surface area contributed by atoms with Gasteiger partial charge in [0.15, 0.2) is 0 Å². The predicted octanol–water partition coefficient (Wildman–Crippen LogP) is 10.6. The standard InChI is InChI=1S/C31H34N4O/c1-3-5-9-23-36-27-19-17-26(18-20-27)33-35-31-22-21-30(28-11-7-8-12-29(28)31)34-32-25-15-13-24(14-16-25)10-6-4-2/h7-8,11-22H,3-6,9-10,23H2,1-2H3. The second kappa shape index (κ2) is 13.3. The highest BCUT2D eigenvalue weighted by molar-refractivity contribution is 5.99. The van der Waals surface area contributed by atoms with Gasteiger partial charge in [-0.25, -0.2) is 0 Å². The second-order valence-electron chi connectivity index (χ2n) is 8.87. The Labute approximate surface area is 214 Å². The van der Waals surface area contributed by atoms with Crippen LogP contribution in [0.4, 0.5) is 22.7 Å². The van der Waals surface area contributed by atoms with E-state index < -0.39 is 0 Å². The molecular weight excluding hydrogens is 444 g/mol. The van der Waals surface area contributed by atoms with Crippen molar-refractivity contribution in [2.45, 2.75) is 52.4 Å². The number of aryl methyl sites for hydroxylation is 1. The number of benzene rings is 4. The minimum absolute atomic E-state index is 0.745. The fourth-order valence-corrected chi connectivity index (χ4v) is 3.93. The summed E-state index contributed by atoms with van der Waals surface area (Å²) >= 11 is 0. The maximum absolute atomic E-state index is 5.78. The van der Waals surface area contributed by atoms with Crippen molar-refractivity contribution in [2.24, 2.45) is 20.5 Å². The van der Waals surface area contributed by atoms with Crippen molar-refractivity contribution < 1.29 is 4.74 Å². The third-order valence-corrected chi connectivity index (χ3v) is 6.03. The van der Waals surface area contributed by atoms with Crippen LogP contribution in [0, 0.1) is 0 Å². The van der Waals surface area contributed by atoms with E-state index in [9.17, 15) is 0 Å². The van der Waals surface area contributed by atoms with Crippen molar-refractivity contribution in [3.63, 3.8) is 0 Å². The molecule has 4 rings (SSSR count). The van der Waals surface area contributed by atoms with Gasteiger partial charge >= 0.3 is 0 Å². The summed E-state index contributed by atoms with van der Waals surface area (Å²) in [5, 5.41) is 20.0. The molecule has 184 valence electrons. The highest BCUT2D eigenvalue weighted by atomic mass is 16.5. The summed E-state index contributed by atoms with van der Waals surface area (Å²) < 4.78 is 5.78. The third kappa shape index (κ3) is 7.08. The number of hydrogen-bond donors (Lipinski definition) is 0. The maximum Gasteiger partial charge on any atom is 0.119 e. The molecule has 5 heteroatoms. The zero-order valence-electron chi connectivity index (χ0n) is 21.2. The average Bonchev–Trinajstić information content (AvgIpc) is 2.93. The number of ether oxygens (including phenoxy) is 1. The minimum atomic E-state index is 0.745. The SMILES string of the molecule is CCCCCOc1ccc(N=Nc2ccc(N=Nc3ccc(CCCC)cc3)c3ccccc23)cc1. The van der Waals surface area contributed by atoms with Gasteiger partial charge in [-0.05, 0) is 73.4 Å². The lowest BCUT2D eigenvalue weighted by atomic mass is 10.1. The fraction of sp³-hybridized carbons (Fsp3) is 0.290. The summed E-state index contributed by atoms with van der Waals surface area (Å²) in [4.78, 5) is 0. The van der Waals surface area contributed by atoms with Crippen molar-refractivity contribution in [1.82, 2.24) is 0 Å². The van der Waals surface area contributed by atoms with Gasteiger partial charge in [0.1, 0.15) is 5.75 Å². The molecule has 0 aliphatic heterocycles. The van der Waals surface area contributed by atoms with Gasteiger partial charge in [-0.15, -0.1) is 10.2 Å². The smallest absolute Gasteiger partial charge is 0.119 e. The van der Waals surface area contributed by atoms with Crippen molar-refractivity contribution in [3.05, 3.63) is 90.5 Å². The first-order valence-electron chi connectivity index (χ1n) is 12.9. The summed E-state index contributed by atoms with van der Waals surface area (Å²) in [6, 6.07) is 28.0. The topological polar surface area (TPSA) is 58.7 Å². The number of nitrogens with zero attached hydrogens (tertiary/aromatic N) is 4. The van der Waals surface area contributed by atoms with E-state index in [1.54, 1.807) is 0 Å². The molecule has 0 bridgehead atoms. The number of rotatable bonds is 12. The van der Waals surface area contributed by atoms with Crippen LogP contribution in [-0.4, -0.2) is 6.61 Å². The van der Waals surface area contributed by atoms with Crippen LogP contribution in [0.3, 0.4) is 0 Å². The van der Waals surface area contributed by atoms with Gasteiger partial charge in [0.05, 0.1) is 29.4 Å². The maximum atomic E-state index is 5.78. The Morgan fingerprint density at radius 3 is 1.67 bits per heavy atom. The van der Waals surface area contributed by atoms with E-state index in [1.807, 2.05) is 72.8 Å². The molecule has 0 fully saturated rings. The molecule has 0 saturated carbocycles. The molecule has 0 aliphatic rings. The van der Waals surface area contributed by atoms with E-state index in [2.05, 4.69) is 46.4 Å². The Bertz CT molecular complexity index is 1290. The highest BCUT2D eigenvalue weighted by Crippen LogP contribution is 2.35. The van der Waals surface area contributed by atoms with Crippen LogP contribution in [0.1, 0.15) is 51.5 Å². The quantitative estimate of drug-likeness (QED) is 0.147. The van der Waals surface area contributed by atoms with E-state index in [0.29, 0.717) is 0 Å². The van der Waals surface area contributed by atoms with Crippen LogP contribution in [0.2, 0.25) is 0 Å². The van der Waals surface area contributed by atoms with Crippen LogP contribution in [0.15, 0.2) is 105 Å². The van der Waals surface area contributed by atoms with Crippen LogP contribution in [-0.2, 0) is 6.42 Å².